The van der Waals surface area contributed by atoms with Gasteiger partial charge in [-0.1, -0.05) is 25.4 Å². The van der Waals surface area contributed by atoms with Gasteiger partial charge in [0.15, 0.2) is 0 Å². The van der Waals surface area contributed by atoms with Gasteiger partial charge in [-0.3, -0.25) is 0 Å². The number of nitrogens with zero attached hydrogens (tertiary/aromatic N) is 2. The highest BCUT2D eigenvalue weighted by molar-refractivity contribution is 7.99. The Morgan fingerprint density at radius 3 is 2.86 bits per heavy atom. The average Bonchev–Trinajstić information content (AvgIpc) is 2.16. The molecule has 0 spiro atoms. The smallest absolute Gasteiger partial charge is 0.223 e. The van der Waals surface area contributed by atoms with Crippen LogP contribution in [0.1, 0.15) is 13.8 Å². The Hall–Kier alpha value is -0.480. The van der Waals surface area contributed by atoms with E-state index < -0.39 is 0 Å². The molecule has 0 aromatic carbocycles. The second-order valence-corrected chi connectivity index (χ2v) is 4.72. The van der Waals surface area contributed by atoms with E-state index >= 15 is 0 Å². The zero-order chi connectivity index (χ0) is 10.6. The van der Waals surface area contributed by atoms with Crippen molar-refractivity contribution in [1.29, 1.82) is 0 Å². The third-order valence-corrected chi connectivity index (χ3v) is 3.30. The Bertz CT molecular complexity index is 304. The fraction of sp³-hybridized carbons (Fsp3) is 0.556. The van der Waals surface area contributed by atoms with E-state index in [4.69, 9.17) is 11.6 Å². The summed E-state index contributed by atoms with van der Waals surface area (Å²) in [5.41, 5.74) is 0. The maximum absolute atomic E-state index is 5.96. The lowest BCUT2D eigenvalue weighted by Gasteiger charge is -2.06. The molecular weight excluding hydrogens is 218 g/mol. The number of thioether (sulfide) groups is 1. The zero-order valence-corrected chi connectivity index (χ0v) is 10.1. The normalized spacial score (nSPS) is 10.6. The minimum absolute atomic E-state index is 0.612. The highest BCUT2D eigenvalue weighted by Gasteiger charge is 2.06. The van der Waals surface area contributed by atoms with Crippen molar-refractivity contribution < 1.29 is 0 Å². The number of anilines is 1. The van der Waals surface area contributed by atoms with Gasteiger partial charge in [0.1, 0.15) is 5.03 Å². The van der Waals surface area contributed by atoms with Gasteiger partial charge >= 0.3 is 0 Å². The molecule has 14 heavy (non-hydrogen) atoms. The average molecular weight is 232 g/mol. The number of hydrogen-bond donors (Lipinski definition) is 1. The lowest BCUT2D eigenvalue weighted by molar-refractivity contribution is 0.749. The largest absolute Gasteiger partial charge is 0.357 e. The first-order valence-corrected chi connectivity index (χ1v) is 5.83. The van der Waals surface area contributed by atoms with Gasteiger partial charge in [0, 0.05) is 12.8 Å². The fourth-order valence-corrected chi connectivity index (χ4v) is 1.91. The third kappa shape index (κ3) is 3.35. The van der Waals surface area contributed by atoms with Crippen LogP contribution in [0.5, 0.6) is 0 Å². The number of hydrogen-bond acceptors (Lipinski definition) is 4. The molecule has 0 saturated carbocycles. The van der Waals surface area contributed by atoms with Crippen LogP contribution in [0.25, 0.3) is 0 Å². The van der Waals surface area contributed by atoms with Gasteiger partial charge in [0.2, 0.25) is 5.95 Å². The summed E-state index contributed by atoms with van der Waals surface area (Å²) < 4.78 is 0. The Morgan fingerprint density at radius 1 is 1.57 bits per heavy atom. The van der Waals surface area contributed by atoms with Crippen LogP contribution in [0.15, 0.2) is 11.2 Å². The minimum Gasteiger partial charge on any atom is -0.357 e. The predicted molar refractivity (Wildman–Crippen MR) is 62.2 cm³/mol. The molecule has 0 amide bonds. The first-order chi connectivity index (χ1) is 6.63. The van der Waals surface area contributed by atoms with Crippen LogP contribution in [0.2, 0.25) is 5.02 Å². The van der Waals surface area contributed by atoms with Crippen LogP contribution < -0.4 is 5.32 Å². The van der Waals surface area contributed by atoms with Crippen LogP contribution in [0.3, 0.4) is 0 Å². The summed E-state index contributed by atoms with van der Waals surface area (Å²) in [6.45, 7) is 4.34. The number of aromatic nitrogens is 2. The molecule has 0 aliphatic carbocycles. The third-order valence-electron chi connectivity index (χ3n) is 1.49. The van der Waals surface area contributed by atoms with Crippen molar-refractivity contribution in [2.45, 2.75) is 18.9 Å². The fourth-order valence-electron chi connectivity index (χ4n) is 0.819. The molecule has 0 aliphatic heterocycles. The van der Waals surface area contributed by atoms with E-state index in [1.807, 2.05) is 0 Å². The molecule has 1 aromatic heterocycles. The summed E-state index contributed by atoms with van der Waals surface area (Å²) in [5.74, 6) is 2.25. The number of rotatable bonds is 4. The summed E-state index contributed by atoms with van der Waals surface area (Å²) in [7, 11) is 1.79. The van der Waals surface area contributed by atoms with Crippen molar-refractivity contribution in [3.63, 3.8) is 0 Å². The van der Waals surface area contributed by atoms with E-state index in [2.05, 4.69) is 29.1 Å². The van der Waals surface area contributed by atoms with E-state index in [0.29, 0.717) is 16.9 Å². The zero-order valence-electron chi connectivity index (χ0n) is 8.54. The molecule has 5 heteroatoms. The second kappa shape index (κ2) is 5.41. The predicted octanol–water partition coefficient (Wildman–Crippen LogP) is 2.92. The monoisotopic (exact) mass is 231 g/mol. The van der Waals surface area contributed by atoms with Gasteiger partial charge in [-0.2, -0.15) is 0 Å². The molecule has 1 rings (SSSR count). The summed E-state index contributed by atoms with van der Waals surface area (Å²) in [6, 6.07) is 0. The Morgan fingerprint density at radius 2 is 2.29 bits per heavy atom. The minimum atomic E-state index is 0.612. The first kappa shape index (κ1) is 11.6. The van der Waals surface area contributed by atoms with E-state index in [-0.39, 0.29) is 0 Å². The Labute approximate surface area is 93.7 Å². The van der Waals surface area contributed by atoms with Crippen molar-refractivity contribution in [3.05, 3.63) is 11.2 Å². The van der Waals surface area contributed by atoms with Gasteiger partial charge in [-0.05, 0) is 5.92 Å². The summed E-state index contributed by atoms with van der Waals surface area (Å²) >= 11 is 7.62. The van der Waals surface area contributed by atoms with E-state index in [1.54, 1.807) is 25.0 Å². The molecule has 3 nitrogen and oxygen atoms in total. The summed E-state index contributed by atoms with van der Waals surface area (Å²) in [5, 5.41) is 4.36. The molecule has 0 saturated heterocycles. The van der Waals surface area contributed by atoms with Crippen molar-refractivity contribution in [2.24, 2.45) is 5.92 Å². The lowest BCUT2D eigenvalue weighted by atomic mass is 10.3. The van der Waals surface area contributed by atoms with Crippen molar-refractivity contribution in [3.8, 4) is 0 Å². The van der Waals surface area contributed by atoms with Crippen molar-refractivity contribution in [2.75, 3.05) is 18.1 Å². The van der Waals surface area contributed by atoms with Crippen LogP contribution in [0, 0.1) is 5.92 Å². The molecule has 0 fully saturated rings. The van der Waals surface area contributed by atoms with Crippen molar-refractivity contribution >= 4 is 29.3 Å². The van der Waals surface area contributed by atoms with Crippen molar-refractivity contribution in [1.82, 2.24) is 9.97 Å². The van der Waals surface area contributed by atoms with Crippen LogP contribution in [-0.4, -0.2) is 22.8 Å². The second-order valence-electron chi connectivity index (χ2n) is 3.30. The Kier molecular flexibility index (Phi) is 4.48. The van der Waals surface area contributed by atoms with Gasteiger partial charge in [-0.15, -0.1) is 11.8 Å². The summed E-state index contributed by atoms with van der Waals surface area (Å²) in [4.78, 5) is 8.29. The van der Waals surface area contributed by atoms with Gasteiger partial charge in [0.05, 0.1) is 11.2 Å². The van der Waals surface area contributed by atoms with Crippen LogP contribution in [-0.2, 0) is 0 Å². The highest BCUT2D eigenvalue weighted by Crippen LogP contribution is 2.26. The molecule has 0 aliphatic rings. The lowest BCUT2D eigenvalue weighted by Crippen LogP contribution is -1.98. The standard InChI is InChI=1S/C9H14ClN3S/c1-6(2)5-14-8-7(10)4-12-9(11-3)13-8/h4,6H,5H2,1-3H3,(H,11,12,13). The number of halogens is 1. The quantitative estimate of drug-likeness (QED) is 0.639. The molecule has 0 atom stereocenters. The molecule has 1 N–H and O–H groups in total. The molecule has 1 aromatic rings. The molecule has 0 bridgehead atoms. The maximum Gasteiger partial charge on any atom is 0.223 e. The van der Waals surface area contributed by atoms with Crippen LogP contribution >= 0.6 is 23.4 Å². The number of nitrogens with one attached hydrogen (secondary N) is 1. The molecule has 0 radical (unpaired) electrons. The van der Waals surface area contributed by atoms with Gasteiger partial charge in [-0.25, -0.2) is 9.97 Å². The highest BCUT2D eigenvalue weighted by atomic mass is 35.5. The molecular formula is C9H14ClN3S. The van der Waals surface area contributed by atoms with Crippen LogP contribution in [0.4, 0.5) is 5.95 Å². The SMILES string of the molecule is CNc1ncc(Cl)c(SCC(C)C)n1. The summed E-state index contributed by atoms with van der Waals surface area (Å²) in [6.07, 6.45) is 1.63. The van der Waals surface area contributed by atoms with Gasteiger partial charge < -0.3 is 5.32 Å². The van der Waals surface area contributed by atoms with Gasteiger partial charge in [0.25, 0.3) is 0 Å². The molecule has 0 unspecified atom stereocenters. The van der Waals surface area contributed by atoms with E-state index in [9.17, 15) is 0 Å². The molecule has 1 heterocycles. The maximum atomic E-state index is 5.96. The van der Waals surface area contributed by atoms with E-state index in [1.165, 1.54) is 0 Å². The molecule has 78 valence electrons. The van der Waals surface area contributed by atoms with E-state index in [0.717, 1.165) is 10.8 Å². The first-order valence-electron chi connectivity index (χ1n) is 4.46. The topological polar surface area (TPSA) is 37.8 Å². The Balaban J connectivity index is 2.73.